The van der Waals surface area contributed by atoms with Crippen molar-refractivity contribution in [2.24, 2.45) is 0 Å². The Morgan fingerprint density at radius 2 is 1.70 bits per heavy atom. The average molecular weight is 416 g/mol. The van der Waals surface area contributed by atoms with Crippen molar-refractivity contribution in [2.75, 3.05) is 4.83 Å². The standard InChI is InChI=1S/C19H14ClN3O2S2/c20-15-10-8-14(9-11-15)18-13-17(19-7-4-12-26-19)21-23(18)22-27(24,25)16-5-2-1-3-6-16/h1-13,22H. The van der Waals surface area contributed by atoms with Gasteiger partial charge < -0.3 is 0 Å². The van der Waals surface area contributed by atoms with Crippen LogP contribution in [0.1, 0.15) is 0 Å². The fraction of sp³-hybridized carbons (Fsp3) is 0. The highest BCUT2D eigenvalue weighted by Gasteiger charge is 2.19. The normalized spacial score (nSPS) is 11.4. The van der Waals surface area contributed by atoms with Crippen LogP contribution >= 0.6 is 22.9 Å². The van der Waals surface area contributed by atoms with Gasteiger partial charge in [0.2, 0.25) is 0 Å². The van der Waals surface area contributed by atoms with Crippen molar-refractivity contribution in [3.8, 4) is 21.8 Å². The molecule has 4 rings (SSSR count). The van der Waals surface area contributed by atoms with Crippen LogP contribution in [0.2, 0.25) is 5.02 Å². The van der Waals surface area contributed by atoms with Crippen LogP contribution in [0.25, 0.3) is 21.8 Å². The largest absolute Gasteiger partial charge is 0.276 e. The number of sulfonamides is 1. The van der Waals surface area contributed by atoms with E-state index in [4.69, 9.17) is 11.6 Å². The van der Waals surface area contributed by atoms with Gasteiger partial charge in [0.25, 0.3) is 10.0 Å². The maximum Gasteiger partial charge on any atom is 0.276 e. The Balaban J connectivity index is 1.80. The quantitative estimate of drug-likeness (QED) is 0.506. The van der Waals surface area contributed by atoms with Gasteiger partial charge in [0.1, 0.15) is 5.69 Å². The maximum atomic E-state index is 12.7. The van der Waals surface area contributed by atoms with Crippen LogP contribution in [-0.2, 0) is 10.0 Å². The zero-order chi connectivity index (χ0) is 18.9. The minimum absolute atomic E-state index is 0.167. The van der Waals surface area contributed by atoms with E-state index < -0.39 is 10.0 Å². The van der Waals surface area contributed by atoms with Crippen molar-refractivity contribution in [3.63, 3.8) is 0 Å². The fourth-order valence-electron chi connectivity index (χ4n) is 2.59. The number of halogens is 1. The van der Waals surface area contributed by atoms with E-state index in [9.17, 15) is 8.42 Å². The predicted octanol–water partition coefficient (Wildman–Crippen LogP) is 4.86. The fourth-order valence-corrected chi connectivity index (χ4v) is 4.38. The molecule has 2 aromatic heterocycles. The van der Waals surface area contributed by atoms with Gasteiger partial charge in [-0.1, -0.05) is 48.0 Å². The number of nitrogens with zero attached hydrogens (tertiary/aromatic N) is 2. The average Bonchev–Trinajstić information content (AvgIpc) is 3.33. The molecule has 27 heavy (non-hydrogen) atoms. The Morgan fingerprint density at radius 1 is 0.963 bits per heavy atom. The number of aromatic nitrogens is 2. The lowest BCUT2D eigenvalue weighted by Gasteiger charge is -2.11. The van der Waals surface area contributed by atoms with Gasteiger partial charge in [-0.3, -0.25) is 0 Å². The molecule has 2 heterocycles. The summed E-state index contributed by atoms with van der Waals surface area (Å²) in [5, 5.41) is 7.02. The number of nitrogens with one attached hydrogen (secondary N) is 1. The lowest BCUT2D eigenvalue weighted by atomic mass is 10.1. The van der Waals surface area contributed by atoms with E-state index in [1.165, 1.54) is 28.3 Å². The van der Waals surface area contributed by atoms with Crippen molar-refractivity contribution in [1.82, 2.24) is 9.89 Å². The summed E-state index contributed by atoms with van der Waals surface area (Å²) in [4.78, 5) is 4.95. The molecule has 0 atom stereocenters. The van der Waals surface area contributed by atoms with Crippen LogP contribution in [0, 0.1) is 0 Å². The summed E-state index contributed by atoms with van der Waals surface area (Å²) in [5.74, 6) is 0. The minimum atomic E-state index is -3.78. The molecule has 136 valence electrons. The van der Waals surface area contributed by atoms with Gasteiger partial charge in [-0.25, -0.2) is 0 Å². The van der Waals surface area contributed by atoms with E-state index in [0.717, 1.165) is 10.4 Å². The van der Waals surface area contributed by atoms with E-state index >= 15 is 0 Å². The van der Waals surface area contributed by atoms with E-state index in [1.54, 1.807) is 30.3 Å². The van der Waals surface area contributed by atoms with Crippen LogP contribution < -0.4 is 4.83 Å². The molecule has 0 spiro atoms. The molecule has 0 radical (unpaired) electrons. The molecule has 0 saturated carbocycles. The Bertz CT molecular complexity index is 1150. The first-order valence-corrected chi connectivity index (χ1v) is 10.7. The molecule has 4 aromatic rings. The van der Waals surface area contributed by atoms with Gasteiger partial charge in [-0.15, -0.1) is 11.3 Å². The third-order valence-electron chi connectivity index (χ3n) is 3.88. The summed E-state index contributed by atoms with van der Waals surface area (Å²) >= 11 is 7.52. The van der Waals surface area contributed by atoms with Crippen molar-refractivity contribution < 1.29 is 8.42 Å². The van der Waals surface area contributed by atoms with Gasteiger partial charge in [-0.05, 0) is 41.8 Å². The molecule has 2 aromatic carbocycles. The first kappa shape index (κ1) is 17.8. The maximum absolute atomic E-state index is 12.7. The molecular weight excluding hydrogens is 402 g/mol. The summed E-state index contributed by atoms with van der Waals surface area (Å²) in [5.41, 5.74) is 2.10. The summed E-state index contributed by atoms with van der Waals surface area (Å²) in [6.07, 6.45) is 0. The Morgan fingerprint density at radius 3 is 2.37 bits per heavy atom. The second-order valence-corrected chi connectivity index (χ2v) is 8.76. The van der Waals surface area contributed by atoms with Gasteiger partial charge >= 0.3 is 0 Å². The summed E-state index contributed by atoms with van der Waals surface area (Å²) in [7, 11) is -3.78. The Kier molecular flexibility index (Phi) is 4.73. The molecule has 0 saturated heterocycles. The second kappa shape index (κ2) is 7.19. The highest BCUT2D eigenvalue weighted by molar-refractivity contribution is 7.92. The predicted molar refractivity (Wildman–Crippen MR) is 109 cm³/mol. The van der Waals surface area contributed by atoms with E-state index in [2.05, 4.69) is 9.93 Å². The highest BCUT2D eigenvalue weighted by Crippen LogP contribution is 2.29. The number of hydrogen-bond donors (Lipinski definition) is 1. The molecule has 0 aliphatic carbocycles. The smallest absolute Gasteiger partial charge is 0.200 e. The lowest BCUT2D eigenvalue weighted by Crippen LogP contribution is -2.25. The third-order valence-corrected chi connectivity index (χ3v) is 6.33. The monoisotopic (exact) mass is 415 g/mol. The summed E-state index contributed by atoms with van der Waals surface area (Å²) in [6, 6.07) is 21.1. The Hall–Kier alpha value is -2.61. The molecule has 0 aliphatic rings. The molecule has 0 amide bonds. The lowest BCUT2D eigenvalue weighted by molar-refractivity contribution is 0.592. The molecule has 0 unspecified atom stereocenters. The topological polar surface area (TPSA) is 64.0 Å². The highest BCUT2D eigenvalue weighted by atomic mass is 35.5. The van der Waals surface area contributed by atoms with Crippen LogP contribution in [0.4, 0.5) is 0 Å². The molecule has 8 heteroatoms. The van der Waals surface area contributed by atoms with Gasteiger partial charge in [0.15, 0.2) is 0 Å². The summed E-state index contributed by atoms with van der Waals surface area (Å²) in [6.45, 7) is 0. The third kappa shape index (κ3) is 3.75. The van der Waals surface area contributed by atoms with Gasteiger partial charge in [0.05, 0.1) is 15.5 Å². The molecule has 5 nitrogen and oxygen atoms in total. The number of benzene rings is 2. The molecule has 0 fully saturated rings. The first-order chi connectivity index (χ1) is 13.0. The number of rotatable bonds is 5. The minimum Gasteiger partial charge on any atom is -0.200 e. The zero-order valence-corrected chi connectivity index (χ0v) is 16.3. The molecule has 0 aliphatic heterocycles. The number of hydrogen-bond acceptors (Lipinski definition) is 4. The van der Waals surface area contributed by atoms with E-state index in [-0.39, 0.29) is 4.90 Å². The second-order valence-electron chi connectivity index (χ2n) is 5.72. The van der Waals surface area contributed by atoms with Crippen molar-refractivity contribution in [2.45, 2.75) is 4.90 Å². The van der Waals surface area contributed by atoms with Crippen LogP contribution in [-0.4, -0.2) is 18.3 Å². The van der Waals surface area contributed by atoms with E-state index in [1.807, 2.05) is 35.7 Å². The van der Waals surface area contributed by atoms with Gasteiger partial charge in [-0.2, -0.15) is 23.1 Å². The molecule has 0 bridgehead atoms. The van der Waals surface area contributed by atoms with E-state index in [0.29, 0.717) is 16.4 Å². The van der Waals surface area contributed by atoms with Gasteiger partial charge in [0, 0.05) is 10.6 Å². The van der Waals surface area contributed by atoms with Crippen molar-refractivity contribution in [3.05, 3.63) is 83.2 Å². The molecular formula is C19H14ClN3O2S2. The first-order valence-electron chi connectivity index (χ1n) is 8.01. The summed E-state index contributed by atoms with van der Waals surface area (Å²) < 4.78 is 25.5. The van der Waals surface area contributed by atoms with Crippen LogP contribution in [0.5, 0.6) is 0 Å². The van der Waals surface area contributed by atoms with Crippen molar-refractivity contribution in [1.29, 1.82) is 0 Å². The molecule has 1 N–H and O–H groups in total. The van der Waals surface area contributed by atoms with Crippen LogP contribution in [0.3, 0.4) is 0 Å². The number of thiophene rings is 1. The van der Waals surface area contributed by atoms with Crippen LogP contribution in [0.15, 0.2) is 83.1 Å². The Labute approximate surface area is 165 Å². The van der Waals surface area contributed by atoms with Crippen molar-refractivity contribution >= 4 is 33.0 Å². The SMILES string of the molecule is O=S(=O)(Nn1nc(-c2cccs2)cc1-c1ccc(Cl)cc1)c1ccccc1. The zero-order valence-electron chi connectivity index (χ0n) is 13.9.